The predicted octanol–water partition coefficient (Wildman–Crippen LogP) is 2.69. The van der Waals surface area contributed by atoms with Gasteiger partial charge in [0.15, 0.2) is 0 Å². The highest BCUT2D eigenvalue weighted by Gasteiger charge is 2.15. The number of hydrogen-bond donors (Lipinski definition) is 1. The van der Waals surface area contributed by atoms with Crippen molar-refractivity contribution < 1.29 is 0 Å². The van der Waals surface area contributed by atoms with Crippen LogP contribution in [0.25, 0.3) is 0 Å². The van der Waals surface area contributed by atoms with Crippen molar-refractivity contribution in [2.45, 2.75) is 46.1 Å². The van der Waals surface area contributed by atoms with E-state index in [0.29, 0.717) is 5.92 Å². The quantitative estimate of drug-likeness (QED) is 0.864. The molecule has 1 heterocycles. The van der Waals surface area contributed by atoms with Crippen molar-refractivity contribution in [3.8, 4) is 0 Å². The second-order valence-corrected chi connectivity index (χ2v) is 5.06. The van der Waals surface area contributed by atoms with Gasteiger partial charge in [-0.2, -0.15) is 5.10 Å². The molecule has 1 aromatic heterocycles. The third kappa shape index (κ3) is 3.22. The molecule has 0 aliphatic carbocycles. The van der Waals surface area contributed by atoms with E-state index in [1.54, 1.807) is 0 Å². The Bertz CT molecular complexity index is 346. The summed E-state index contributed by atoms with van der Waals surface area (Å²) in [6.45, 7) is 6.35. The van der Waals surface area contributed by atoms with Crippen molar-refractivity contribution in [1.29, 1.82) is 0 Å². The van der Waals surface area contributed by atoms with Gasteiger partial charge in [0.05, 0.1) is 16.4 Å². The van der Waals surface area contributed by atoms with Crippen LogP contribution in [0.5, 0.6) is 0 Å². The van der Waals surface area contributed by atoms with Gasteiger partial charge < -0.3 is 5.73 Å². The lowest BCUT2D eigenvalue weighted by Crippen LogP contribution is -2.26. The number of aromatic nitrogens is 2. The second-order valence-electron chi connectivity index (χ2n) is 4.68. The molecule has 0 saturated heterocycles. The van der Waals surface area contributed by atoms with Crippen LogP contribution in [-0.4, -0.2) is 15.8 Å². The predicted molar refractivity (Wildman–Crippen MR) is 68.7 cm³/mol. The van der Waals surface area contributed by atoms with Crippen LogP contribution in [0.2, 0.25) is 5.02 Å². The van der Waals surface area contributed by atoms with Crippen molar-refractivity contribution in [3.63, 3.8) is 0 Å². The van der Waals surface area contributed by atoms with E-state index in [1.165, 1.54) is 6.42 Å². The minimum Gasteiger partial charge on any atom is -0.327 e. The first-order chi connectivity index (χ1) is 7.45. The lowest BCUT2D eigenvalue weighted by atomic mass is 9.97. The van der Waals surface area contributed by atoms with Gasteiger partial charge in [-0.05, 0) is 19.3 Å². The maximum atomic E-state index is 6.19. The fraction of sp³-hybridized carbons (Fsp3) is 0.750. The lowest BCUT2D eigenvalue weighted by molar-refractivity contribution is 0.444. The molecule has 16 heavy (non-hydrogen) atoms. The van der Waals surface area contributed by atoms with Crippen LogP contribution in [0, 0.1) is 12.8 Å². The molecule has 0 aliphatic rings. The minimum absolute atomic E-state index is 0.169. The summed E-state index contributed by atoms with van der Waals surface area (Å²) < 4.78 is 1.84. The van der Waals surface area contributed by atoms with Gasteiger partial charge in [0.25, 0.3) is 0 Å². The number of hydrogen-bond acceptors (Lipinski definition) is 2. The Labute approximate surface area is 103 Å². The summed E-state index contributed by atoms with van der Waals surface area (Å²) in [5.41, 5.74) is 8.06. The average molecular weight is 244 g/mol. The topological polar surface area (TPSA) is 43.8 Å². The molecule has 2 N–H and O–H groups in total. The molecule has 2 atom stereocenters. The maximum absolute atomic E-state index is 6.19. The van der Waals surface area contributed by atoms with Gasteiger partial charge >= 0.3 is 0 Å². The van der Waals surface area contributed by atoms with Crippen molar-refractivity contribution >= 4 is 11.6 Å². The van der Waals surface area contributed by atoms with Crippen LogP contribution in [0.4, 0.5) is 0 Å². The average Bonchev–Trinajstić information content (AvgIpc) is 2.45. The van der Waals surface area contributed by atoms with E-state index < -0.39 is 0 Å². The number of halogens is 1. The highest BCUT2D eigenvalue weighted by molar-refractivity contribution is 6.31. The van der Waals surface area contributed by atoms with Gasteiger partial charge in [0.1, 0.15) is 0 Å². The molecule has 4 heteroatoms. The first-order valence-electron chi connectivity index (χ1n) is 5.89. The minimum atomic E-state index is 0.169. The zero-order valence-corrected chi connectivity index (χ0v) is 11.4. The third-order valence-corrected chi connectivity index (χ3v) is 3.61. The van der Waals surface area contributed by atoms with Crippen molar-refractivity contribution in [2.75, 3.05) is 0 Å². The van der Waals surface area contributed by atoms with E-state index in [9.17, 15) is 0 Å². The van der Waals surface area contributed by atoms with Crippen molar-refractivity contribution in [3.05, 3.63) is 16.4 Å². The molecule has 0 radical (unpaired) electrons. The molecule has 1 rings (SSSR count). The first kappa shape index (κ1) is 13.5. The zero-order chi connectivity index (χ0) is 12.3. The van der Waals surface area contributed by atoms with Crippen LogP contribution < -0.4 is 5.73 Å². The number of nitrogens with two attached hydrogens (primary N) is 1. The Morgan fingerprint density at radius 3 is 2.56 bits per heavy atom. The highest BCUT2D eigenvalue weighted by atomic mass is 35.5. The molecular weight excluding hydrogens is 222 g/mol. The Morgan fingerprint density at radius 2 is 2.12 bits per heavy atom. The van der Waals surface area contributed by atoms with E-state index in [-0.39, 0.29) is 6.04 Å². The fourth-order valence-electron chi connectivity index (χ4n) is 1.92. The summed E-state index contributed by atoms with van der Waals surface area (Å²) in [6.07, 6.45) is 3.02. The summed E-state index contributed by atoms with van der Waals surface area (Å²) in [4.78, 5) is 0. The monoisotopic (exact) mass is 243 g/mol. The van der Waals surface area contributed by atoms with Gasteiger partial charge in [-0.15, -0.1) is 0 Å². The van der Waals surface area contributed by atoms with Crippen LogP contribution in [-0.2, 0) is 13.5 Å². The van der Waals surface area contributed by atoms with Gasteiger partial charge in [-0.1, -0.05) is 31.9 Å². The van der Waals surface area contributed by atoms with E-state index >= 15 is 0 Å². The number of nitrogens with zero attached hydrogens (tertiary/aromatic N) is 2. The molecule has 0 bridgehead atoms. The Morgan fingerprint density at radius 1 is 1.50 bits per heavy atom. The third-order valence-electron chi connectivity index (χ3n) is 3.12. The molecular formula is C12H22ClN3. The van der Waals surface area contributed by atoms with Gasteiger partial charge in [-0.25, -0.2) is 0 Å². The van der Waals surface area contributed by atoms with Gasteiger partial charge in [-0.3, -0.25) is 4.68 Å². The molecule has 0 aliphatic heterocycles. The number of aryl methyl sites for hydroxylation is 2. The smallest absolute Gasteiger partial charge is 0.0847 e. The molecule has 0 aromatic carbocycles. The zero-order valence-electron chi connectivity index (χ0n) is 10.6. The Kier molecular flexibility index (Phi) is 4.81. The van der Waals surface area contributed by atoms with Crippen LogP contribution in [0.15, 0.2) is 0 Å². The van der Waals surface area contributed by atoms with E-state index in [4.69, 9.17) is 17.3 Å². The van der Waals surface area contributed by atoms with Crippen molar-refractivity contribution in [1.82, 2.24) is 9.78 Å². The second kappa shape index (κ2) is 5.69. The summed E-state index contributed by atoms with van der Waals surface area (Å²) in [7, 11) is 1.92. The Hall–Kier alpha value is -0.540. The molecule has 0 fully saturated rings. The normalized spacial score (nSPS) is 15.1. The summed E-state index contributed by atoms with van der Waals surface area (Å²) in [5, 5.41) is 5.06. The SMILES string of the molecule is CCC(C)CC(N)Cc1c(Cl)c(C)nn1C. The molecule has 0 spiro atoms. The Balaban J connectivity index is 2.65. The molecule has 0 saturated carbocycles. The molecule has 92 valence electrons. The van der Waals surface area contributed by atoms with Crippen LogP contribution in [0.1, 0.15) is 38.1 Å². The summed E-state index contributed by atoms with van der Waals surface area (Å²) in [5.74, 6) is 0.670. The molecule has 0 amide bonds. The van der Waals surface area contributed by atoms with E-state index in [2.05, 4.69) is 18.9 Å². The van der Waals surface area contributed by atoms with Crippen LogP contribution in [0.3, 0.4) is 0 Å². The standard InChI is InChI=1S/C12H22ClN3/c1-5-8(2)6-10(14)7-11-12(13)9(3)15-16(11)4/h8,10H,5-7,14H2,1-4H3. The van der Waals surface area contributed by atoms with Crippen LogP contribution >= 0.6 is 11.6 Å². The van der Waals surface area contributed by atoms with E-state index in [1.807, 2.05) is 18.7 Å². The van der Waals surface area contributed by atoms with Gasteiger partial charge in [0.2, 0.25) is 0 Å². The first-order valence-corrected chi connectivity index (χ1v) is 6.27. The number of rotatable bonds is 5. The van der Waals surface area contributed by atoms with E-state index in [0.717, 1.165) is 29.3 Å². The molecule has 3 nitrogen and oxygen atoms in total. The largest absolute Gasteiger partial charge is 0.327 e. The van der Waals surface area contributed by atoms with Crippen molar-refractivity contribution in [2.24, 2.45) is 18.7 Å². The maximum Gasteiger partial charge on any atom is 0.0847 e. The lowest BCUT2D eigenvalue weighted by Gasteiger charge is -2.16. The molecule has 2 unspecified atom stereocenters. The molecule has 1 aromatic rings. The summed E-state index contributed by atoms with van der Waals surface area (Å²) >= 11 is 6.19. The summed E-state index contributed by atoms with van der Waals surface area (Å²) in [6, 6.07) is 0.169. The fourth-order valence-corrected chi connectivity index (χ4v) is 2.15. The highest BCUT2D eigenvalue weighted by Crippen LogP contribution is 2.22. The van der Waals surface area contributed by atoms with Gasteiger partial charge in [0, 0.05) is 19.5 Å².